The van der Waals surface area contributed by atoms with Crippen molar-refractivity contribution in [3.8, 4) is 5.88 Å². The second kappa shape index (κ2) is 6.26. The average molecular weight is 333 g/mol. The van der Waals surface area contributed by atoms with E-state index >= 15 is 0 Å². The van der Waals surface area contributed by atoms with Crippen LogP contribution in [-0.4, -0.2) is 53.0 Å². The van der Waals surface area contributed by atoms with Gasteiger partial charge in [0.25, 0.3) is 0 Å². The summed E-state index contributed by atoms with van der Waals surface area (Å²) in [6.07, 6.45) is 3.12. The Balaban J connectivity index is 1.53. The number of anilines is 1. The van der Waals surface area contributed by atoms with Crippen molar-refractivity contribution in [2.45, 2.75) is 32.7 Å². The van der Waals surface area contributed by atoms with Crippen molar-refractivity contribution < 1.29 is 14.3 Å². The number of likely N-dealkylation sites (tertiary alicyclic amines) is 1. The molecule has 8 heteroatoms. The number of piperidine rings is 1. The first-order valence-corrected chi connectivity index (χ1v) is 8.14. The molecule has 2 aliphatic rings. The fourth-order valence-corrected chi connectivity index (χ4v) is 3.42. The van der Waals surface area contributed by atoms with E-state index in [1.807, 2.05) is 13.8 Å². The van der Waals surface area contributed by atoms with Crippen LogP contribution in [-0.2, 0) is 4.79 Å². The standard InChI is InChI=1S/C16H23N5O3/c1-16(2)13(20-14(16)22)10-4-6-21(7-5-10)15(23)19-11-8-12(24-3)18-9-17-11/h8-10,13H,4-7H2,1-3H3,(H,20,22)(H,17,18,19,23)/t13-/m0/s1. The van der Waals surface area contributed by atoms with Gasteiger partial charge in [0, 0.05) is 25.2 Å². The molecule has 8 nitrogen and oxygen atoms in total. The van der Waals surface area contributed by atoms with Crippen LogP contribution in [0, 0.1) is 11.3 Å². The number of rotatable bonds is 3. The SMILES string of the molecule is COc1cc(NC(=O)N2CCC([C@@H]3NC(=O)C3(C)C)CC2)ncn1. The van der Waals surface area contributed by atoms with Gasteiger partial charge in [-0.1, -0.05) is 0 Å². The number of nitrogens with one attached hydrogen (secondary N) is 2. The summed E-state index contributed by atoms with van der Waals surface area (Å²) < 4.78 is 5.02. The van der Waals surface area contributed by atoms with Gasteiger partial charge in [0.1, 0.15) is 12.1 Å². The third-order valence-electron chi connectivity index (χ3n) is 5.03. The molecule has 130 valence electrons. The van der Waals surface area contributed by atoms with E-state index in [-0.39, 0.29) is 23.4 Å². The maximum absolute atomic E-state index is 12.4. The van der Waals surface area contributed by atoms with E-state index in [9.17, 15) is 9.59 Å². The summed E-state index contributed by atoms with van der Waals surface area (Å²) in [4.78, 5) is 33.7. The summed E-state index contributed by atoms with van der Waals surface area (Å²) in [5.41, 5.74) is -0.299. The Hall–Kier alpha value is -2.38. The molecule has 0 saturated carbocycles. The van der Waals surface area contributed by atoms with Gasteiger partial charge in [-0.25, -0.2) is 14.8 Å². The van der Waals surface area contributed by atoms with Gasteiger partial charge in [-0.05, 0) is 32.6 Å². The van der Waals surface area contributed by atoms with Gasteiger partial charge in [0.05, 0.1) is 12.5 Å². The molecule has 2 aliphatic heterocycles. The molecule has 1 aromatic rings. The quantitative estimate of drug-likeness (QED) is 0.812. The van der Waals surface area contributed by atoms with Gasteiger partial charge in [-0.15, -0.1) is 0 Å². The summed E-state index contributed by atoms with van der Waals surface area (Å²) in [7, 11) is 1.51. The lowest BCUT2D eigenvalue weighted by molar-refractivity contribution is -0.146. The first-order chi connectivity index (χ1) is 11.4. The third kappa shape index (κ3) is 3.00. The van der Waals surface area contributed by atoms with E-state index in [0.717, 1.165) is 12.8 Å². The Labute approximate surface area is 141 Å². The second-order valence-corrected chi connectivity index (χ2v) is 6.87. The van der Waals surface area contributed by atoms with Gasteiger partial charge in [0.2, 0.25) is 11.8 Å². The summed E-state index contributed by atoms with van der Waals surface area (Å²) in [6, 6.07) is 1.62. The number of nitrogens with zero attached hydrogens (tertiary/aromatic N) is 3. The molecule has 0 spiro atoms. The molecule has 2 fully saturated rings. The Morgan fingerprint density at radius 1 is 1.38 bits per heavy atom. The van der Waals surface area contributed by atoms with Crippen molar-refractivity contribution in [3.63, 3.8) is 0 Å². The van der Waals surface area contributed by atoms with Gasteiger partial charge in [0.15, 0.2) is 0 Å². The molecular formula is C16H23N5O3. The largest absolute Gasteiger partial charge is 0.481 e. The number of aromatic nitrogens is 2. The normalized spacial score (nSPS) is 23.2. The molecule has 0 radical (unpaired) electrons. The predicted molar refractivity (Wildman–Crippen MR) is 87.6 cm³/mol. The first kappa shape index (κ1) is 16.5. The number of ether oxygens (including phenoxy) is 1. The van der Waals surface area contributed by atoms with Crippen molar-refractivity contribution in [1.82, 2.24) is 20.2 Å². The van der Waals surface area contributed by atoms with Crippen molar-refractivity contribution in [1.29, 1.82) is 0 Å². The predicted octanol–water partition coefficient (Wildman–Crippen LogP) is 1.25. The van der Waals surface area contributed by atoms with Gasteiger partial charge >= 0.3 is 6.03 Å². The Bertz CT molecular complexity index is 640. The smallest absolute Gasteiger partial charge is 0.323 e. The molecule has 0 aliphatic carbocycles. The van der Waals surface area contributed by atoms with Gasteiger partial charge in [-0.2, -0.15) is 0 Å². The molecule has 3 amide bonds. The summed E-state index contributed by atoms with van der Waals surface area (Å²) in [5.74, 6) is 1.36. The average Bonchev–Trinajstić information content (AvgIpc) is 2.60. The number of carbonyl (C=O) groups is 2. The van der Waals surface area contributed by atoms with Crippen LogP contribution < -0.4 is 15.4 Å². The summed E-state index contributed by atoms with van der Waals surface area (Å²) in [6.45, 7) is 5.30. The number of β-lactam (4-membered cyclic amide) rings is 1. The zero-order chi connectivity index (χ0) is 17.3. The Kier molecular flexibility index (Phi) is 4.29. The maximum atomic E-state index is 12.4. The van der Waals surface area contributed by atoms with Crippen molar-refractivity contribution in [3.05, 3.63) is 12.4 Å². The fraction of sp³-hybridized carbons (Fsp3) is 0.625. The number of amides is 3. The molecule has 2 saturated heterocycles. The minimum atomic E-state index is -0.299. The molecule has 0 unspecified atom stereocenters. The number of urea groups is 1. The summed E-state index contributed by atoms with van der Waals surface area (Å²) in [5, 5.41) is 5.78. The molecule has 0 bridgehead atoms. The zero-order valence-corrected chi connectivity index (χ0v) is 14.2. The van der Waals surface area contributed by atoms with Crippen LogP contribution in [0.3, 0.4) is 0 Å². The Morgan fingerprint density at radius 3 is 2.67 bits per heavy atom. The summed E-state index contributed by atoms with van der Waals surface area (Å²) >= 11 is 0. The zero-order valence-electron chi connectivity index (χ0n) is 14.2. The lowest BCUT2D eigenvalue weighted by atomic mass is 9.68. The first-order valence-electron chi connectivity index (χ1n) is 8.14. The van der Waals surface area contributed by atoms with Crippen molar-refractivity contribution in [2.75, 3.05) is 25.5 Å². The highest BCUT2D eigenvalue weighted by Gasteiger charge is 2.51. The van der Waals surface area contributed by atoms with Crippen molar-refractivity contribution >= 4 is 17.8 Å². The van der Waals surface area contributed by atoms with Gasteiger partial charge < -0.3 is 15.0 Å². The molecule has 3 heterocycles. The van der Waals surface area contributed by atoms with E-state index in [1.165, 1.54) is 13.4 Å². The molecule has 0 aromatic carbocycles. The molecule has 2 N–H and O–H groups in total. The van der Waals surface area contributed by atoms with E-state index in [1.54, 1.807) is 11.0 Å². The number of hydrogen-bond acceptors (Lipinski definition) is 5. The van der Waals surface area contributed by atoms with Crippen molar-refractivity contribution in [2.24, 2.45) is 11.3 Å². The van der Waals surface area contributed by atoms with Crippen LogP contribution in [0.5, 0.6) is 5.88 Å². The Morgan fingerprint density at radius 2 is 2.08 bits per heavy atom. The molecule has 3 rings (SSSR count). The van der Waals surface area contributed by atoms with E-state index in [0.29, 0.717) is 30.7 Å². The van der Waals surface area contributed by atoms with Crippen LogP contribution in [0.2, 0.25) is 0 Å². The number of carbonyl (C=O) groups excluding carboxylic acids is 2. The van der Waals surface area contributed by atoms with Crippen LogP contribution in [0.4, 0.5) is 10.6 Å². The van der Waals surface area contributed by atoms with Crippen LogP contribution >= 0.6 is 0 Å². The van der Waals surface area contributed by atoms with Gasteiger partial charge in [-0.3, -0.25) is 10.1 Å². The fourth-order valence-electron chi connectivity index (χ4n) is 3.42. The van der Waals surface area contributed by atoms with E-state index in [4.69, 9.17) is 4.74 Å². The highest BCUT2D eigenvalue weighted by Crippen LogP contribution is 2.38. The van der Waals surface area contributed by atoms with Crippen LogP contribution in [0.25, 0.3) is 0 Å². The number of methoxy groups -OCH3 is 1. The lowest BCUT2D eigenvalue weighted by Gasteiger charge is -2.50. The van der Waals surface area contributed by atoms with Crippen LogP contribution in [0.15, 0.2) is 12.4 Å². The number of hydrogen-bond donors (Lipinski definition) is 2. The highest BCUT2D eigenvalue weighted by atomic mass is 16.5. The molecule has 1 atom stereocenters. The van der Waals surface area contributed by atoms with Crippen LogP contribution in [0.1, 0.15) is 26.7 Å². The van der Waals surface area contributed by atoms with E-state index < -0.39 is 0 Å². The minimum Gasteiger partial charge on any atom is -0.481 e. The van der Waals surface area contributed by atoms with E-state index in [2.05, 4.69) is 20.6 Å². The minimum absolute atomic E-state index is 0.116. The monoisotopic (exact) mass is 333 g/mol. The molecule has 1 aromatic heterocycles. The third-order valence-corrected chi connectivity index (χ3v) is 5.03. The molecule has 24 heavy (non-hydrogen) atoms. The highest BCUT2D eigenvalue weighted by molar-refractivity contribution is 5.89. The maximum Gasteiger partial charge on any atom is 0.323 e. The molecular weight excluding hydrogens is 310 g/mol. The lowest BCUT2D eigenvalue weighted by Crippen LogP contribution is -2.68. The topological polar surface area (TPSA) is 96.5 Å². The second-order valence-electron chi connectivity index (χ2n) is 6.87.